The Hall–Kier alpha value is -5.12. The van der Waals surface area contributed by atoms with Gasteiger partial charge >= 0.3 is 5.69 Å². The Morgan fingerprint density at radius 3 is 1.68 bits per heavy atom. The van der Waals surface area contributed by atoms with Gasteiger partial charge in [-0.1, -0.05) is 60.7 Å². The second-order valence-electron chi connectivity index (χ2n) is 11.8. The smallest absolute Gasteiger partial charge is 0.303 e. The number of ether oxygens (including phenoxy) is 5. The molecular formula is C36H38N4O10. The second-order valence-corrected chi connectivity index (χ2v) is 11.8. The largest absolute Gasteiger partial charge is 0.507 e. The molecule has 0 unspecified atom stereocenters. The molecule has 1 aliphatic heterocycles. The van der Waals surface area contributed by atoms with Crippen LogP contribution in [-0.4, -0.2) is 53.6 Å². The number of nitro benzene ring substituents is 2. The third-order valence-corrected chi connectivity index (χ3v) is 7.82. The number of azo groups is 1. The van der Waals surface area contributed by atoms with Crippen LogP contribution in [0.15, 0.2) is 101 Å². The molecule has 0 saturated carbocycles. The maximum atomic E-state index is 11.7. The summed E-state index contributed by atoms with van der Waals surface area (Å²) in [6.45, 7) is 4.68. The summed E-state index contributed by atoms with van der Waals surface area (Å²) in [5.74, 6) is -0.0728. The molecule has 14 nitrogen and oxygen atoms in total. The van der Waals surface area contributed by atoms with Crippen LogP contribution in [0.1, 0.15) is 48.3 Å². The molecule has 4 aromatic rings. The molecule has 262 valence electrons. The number of phenolic OH excluding ortho intramolecular Hbond substituents is 1. The first-order valence-electron chi connectivity index (χ1n) is 16.0. The van der Waals surface area contributed by atoms with E-state index in [1.807, 2.05) is 74.5 Å². The number of nitro groups is 2. The summed E-state index contributed by atoms with van der Waals surface area (Å²) in [5.41, 5.74) is 1.59. The molecule has 50 heavy (non-hydrogen) atoms. The SMILES string of the molecule is C[C@H]1CO[C@@H](c2ccccc2)COCc2cc(N=Nc3ccc([N+](=O)[O-])cc3[N+](=O)[O-])cc(c2O)COC[C@H](c2ccccc2)OC[C@H](C)O1. The van der Waals surface area contributed by atoms with Crippen molar-refractivity contribution in [3.05, 3.63) is 133 Å². The fourth-order valence-corrected chi connectivity index (χ4v) is 5.33. The number of rotatable bonds is 6. The van der Waals surface area contributed by atoms with Gasteiger partial charge in [-0.2, -0.15) is 5.11 Å². The maximum Gasteiger partial charge on any atom is 0.303 e. The van der Waals surface area contributed by atoms with Crippen molar-refractivity contribution in [2.45, 2.75) is 51.5 Å². The average Bonchev–Trinajstić information content (AvgIpc) is 3.11. The van der Waals surface area contributed by atoms with Gasteiger partial charge in [-0.05, 0) is 43.2 Å². The quantitative estimate of drug-likeness (QED) is 0.119. The highest BCUT2D eigenvalue weighted by molar-refractivity contribution is 5.62. The van der Waals surface area contributed by atoms with Crippen molar-refractivity contribution in [2.75, 3.05) is 26.4 Å². The van der Waals surface area contributed by atoms with Crippen molar-refractivity contribution in [3.8, 4) is 5.75 Å². The first-order valence-corrected chi connectivity index (χ1v) is 16.0. The standard InChI is InChI=1S/C36H38N4O10/c1-24-18-48-34(26-9-5-3-6-10-26)22-46-20-28-15-30(37-38-32-14-13-31(39(42)43)17-33(32)40(44)45)16-29(36(28)41)21-47-23-35(49-19-25(2)50-24)27-11-7-4-8-12-27/h3-17,24-25,34-35,41H,18-23H2,1-2H3/t24-,25-,34+,35+/m0/s1. The molecule has 5 rings (SSSR count). The van der Waals surface area contributed by atoms with E-state index in [2.05, 4.69) is 10.2 Å². The summed E-state index contributed by atoms with van der Waals surface area (Å²) in [6, 6.07) is 25.4. The maximum absolute atomic E-state index is 11.7. The summed E-state index contributed by atoms with van der Waals surface area (Å²) in [6.07, 6.45) is -1.37. The molecule has 0 radical (unpaired) electrons. The predicted molar refractivity (Wildman–Crippen MR) is 182 cm³/mol. The highest BCUT2D eigenvalue weighted by Crippen LogP contribution is 2.35. The van der Waals surface area contributed by atoms with Gasteiger partial charge in [0.2, 0.25) is 0 Å². The van der Waals surface area contributed by atoms with Crippen molar-refractivity contribution in [1.29, 1.82) is 0 Å². The van der Waals surface area contributed by atoms with E-state index in [1.165, 1.54) is 0 Å². The third kappa shape index (κ3) is 9.96. The second kappa shape index (κ2) is 17.5. The molecule has 1 N–H and O–H groups in total. The van der Waals surface area contributed by atoms with Gasteiger partial charge in [0.15, 0.2) is 5.69 Å². The number of benzene rings is 4. The number of hydrogen-bond acceptors (Lipinski definition) is 12. The molecule has 4 aromatic carbocycles. The molecule has 14 heteroatoms. The van der Waals surface area contributed by atoms with Gasteiger partial charge in [0.05, 0.1) is 73.4 Å². The fraction of sp³-hybridized carbons (Fsp3) is 0.333. The van der Waals surface area contributed by atoms with E-state index in [-0.39, 0.29) is 55.8 Å². The lowest BCUT2D eigenvalue weighted by Crippen LogP contribution is -2.28. The van der Waals surface area contributed by atoms with E-state index < -0.39 is 33.4 Å². The van der Waals surface area contributed by atoms with E-state index in [1.54, 1.807) is 12.1 Å². The Bertz CT molecular complexity index is 1690. The lowest BCUT2D eigenvalue weighted by atomic mass is 10.1. The van der Waals surface area contributed by atoms with Crippen molar-refractivity contribution >= 4 is 22.7 Å². The van der Waals surface area contributed by atoms with Crippen LogP contribution in [0.2, 0.25) is 0 Å². The first kappa shape index (κ1) is 36.2. The van der Waals surface area contributed by atoms with Crippen LogP contribution in [0.25, 0.3) is 0 Å². The number of aromatic hydroxyl groups is 1. The van der Waals surface area contributed by atoms with Gasteiger partial charge < -0.3 is 28.8 Å². The van der Waals surface area contributed by atoms with E-state index in [0.717, 1.165) is 29.3 Å². The normalized spacial score (nSPS) is 21.2. The zero-order chi connectivity index (χ0) is 35.5. The molecule has 0 spiro atoms. The Kier molecular flexibility index (Phi) is 12.7. The summed E-state index contributed by atoms with van der Waals surface area (Å²) in [4.78, 5) is 21.3. The van der Waals surface area contributed by atoms with Gasteiger partial charge in [0.25, 0.3) is 5.69 Å². The predicted octanol–water partition coefficient (Wildman–Crippen LogP) is 7.98. The van der Waals surface area contributed by atoms with E-state index in [4.69, 9.17) is 23.7 Å². The van der Waals surface area contributed by atoms with Crippen LogP contribution in [0.4, 0.5) is 22.7 Å². The van der Waals surface area contributed by atoms with Gasteiger partial charge in [-0.15, -0.1) is 5.11 Å². The van der Waals surface area contributed by atoms with E-state index >= 15 is 0 Å². The van der Waals surface area contributed by atoms with E-state index in [9.17, 15) is 25.3 Å². The van der Waals surface area contributed by atoms with Crippen molar-refractivity contribution < 1.29 is 38.6 Å². The lowest BCUT2D eigenvalue weighted by Gasteiger charge is -2.25. The molecule has 0 saturated heterocycles. The molecule has 4 atom stereocenters. The van der Waals surface area contributed by atoms with Crippen LogP contribution in [0, 0.1) is 20.2 Å². The topological polar surface area (TPSA) is 177 Å². The first-order chi connectivity index (χ1) is 24.2. The average molecular weight is 687 g/mol. The van der Waals surface area contributed by atoms with Crippen molar-refractivity contribution in [2.24, 2.45) is 10.2 Å². The molecule has 0 aromatic heterocycles. The summed E-state index contributed by atoms with van der Waals surface area (Å²) in [5, 5.41) is 42.4. The number of hydrogen-bond donors (Lipinski definition) is 1. The Balaban J connectivity index is 1.46. The molecule has 0 fully saturated rings. The fourth-order valence-electron chi connectivity index (χ4n) is 5.33. The van der Waals surface area contributed by atoms with Gasteiger partial charge in [-0.3, -0.25) is 20.2 Å². The Morgan fingerprint density at radius 2 is 1.20 bits per heavy atom. The summed E-state index contributed by atoms with van der Waals surface area (Å²) < 4.78 is 30.9. The number of fused-ring (bicyclic) bond motifs is 2. The summed E-state index contributed by atoms with van der Waals surface area (Å²) in [7, 11) is 0. The highest BCUT2D eigenvalue weighted by Gasteiger charge is 2.22. The molecule has 0 aliphatic carbocycles. The minimum atomic E-state index is -0.764. The number of nitrogens with zero attached hydrogens (tertiary/aromatic N) is 4. The molecular weight excluding hydrogens is 648 g/mol. The Morgan fingerprint density at radius 1 is 0.680 bits per heavy atom. The zero-order valence-electron chi connectivity index (χ0n) is 27.6. The zero-order valence-corrected chi connectivity index (χ0v) is 27.6. The van der Waals surface area contributed by atoms with Crippen LogP contribution in [-0.2, 0) is 36.9 Å². The third-order valence-electron chi connectivity index (χ3n) is 7.82. The van der Waals surface area contributed by atoms with Crippen LogP contribution < -0.4 is 0 Å². The highest BCUT2D eigenvalue weighted by atomic mass is 16.6. The van der Waals surface area contributed by atoms with E-state index in [0.29, 0.717) is 24.3 Å². The monoisotopic (exact) mass is 686 g/mol. The van der Waals surface area contributed by atoms with Gasteiger partial charge in [-0.25, -0.2) is 0 Å². The van der Waals surface area contributed by atoms with Crippen LogP contribution >= 0.6 is 0 Å². The van der Waals surface area contributed by atoms with Crippen LogP contribution in [0.3, 0.4) is 0 Å². The molecule has 1 heterocycles. The Labute approximate surface area is 288 Å². The lowest BCUT2D eigenvalue weighted by molar-refractivity contribution is -0.393. The summed E-state index contributed by atoms with van der Waals surface area (Å²) >= 11 is 0. The molecule has 2 bridgehead atoms. The minimum Gasteiger partial charge on any atom is -0.507 e. The van der Waals surface area contributed by atoms with Gasteiger partial charge in [0, 0.05) is 17.2 Å². The van der Waals surface area contributed by atoms with Crippen molar-refractivity contribution in [3.63, 3.8) is 0 Å². The number of non-ortho nitro benzene ring substituents is 1. The van der Waals surface area contributed by atoms with Crippen molar-refractivity contribution in [1.82, 2.24) is 0 Å². The minimum absolute atomic E-state index is 0.0363. The molecule has 1 aliphatic rings. The van der Waals surface area contributed by atoms with Gasteiger partial charge in [0.1, 0.15) is 18.0 Å². The number of phenols is 1. The molecule has 0 amide bonds. The van der Waals surface area contributed by atoms with Crippen LogP contribution in [0.5, 0.6) is 5.75 Å².